The van der Waals surface area contributed by atoms with Gasteiger partial charge in [0.2, 0.25) is 5.78 Å². The molecule has 0 spiro atoms. The summed E-state index contributed by atoms with van der Waals surface area (Å²) in [5, 5.41) is 2.54. The van der Waals surface area contributed by atoms with E-state index in [1.165, 1.54) is 0 Å². The quantitative estimate of drug-likeness (QED) is 0.489. The Bertz CT molecular complexity index is 256. The van der Waals surface area contributed by atoms with E-state index >= 15 is 0 Å². The lowest BCUT2D eigenvalue weighted by molar-refractivity contribution is -0.139. The minimum Gasteiger partial charge on any atom is -0.345 e. The van der Waals surface area contributed by atoms with Crippen molar-refractivity contribution in [3.05, 3.63) is 0 Å². The smallest absolute Gasteiger partial charge is 0.287 e. The van der Waals surface area contributed by atoms with Crippen molar-refractivity contribution in [2.45, 2.75) is 45.2 Å². The van der Waals surface area contributed by atoms with Crippen molar-refractivity contribution in [3.8, 4) is 0 Å². The number of nitrogens with one attached hydrogen (secondary N) is 1. The van der Waals surface area contributed by atoms with Gasteiger partial charge in [-0.1, -0.05) is 0 Å². The molecule has 0 bridgehead atoms. The van der Waals surface area contributed by atoms with Crippen LogP contribution in [0.25, 0.3) is 0 Å². The highest BCUT2D eigenvalue weighted by atomic mass is 16.2. The normalized spacial score (nSPS) is 13.1. The van der Waals surface area contributed by atoms with Crippen molar-refractivity contribution < 1.29 is 14.4 Å². The molecule has 0 aromatic heterocycles. The monoisotopic (exact) mass is 214 g/mol. The number of amides is 1. The van der Waals surface area contributed by atoms with Crippen LogP contribution in [0.1, 0.15) is 33.6 Å². The molecule has 5 nitrogen and oxygen atoms in total. The third kappa shape index (κ3) is 6.79. The summed E-state index contributed by atoms with van der Waals surface area (Å²) in [5.74, 6) is -1.16. The first-order valence-corrected chi connectivity index (χ1v) is 4.82. The van der Waals surface area contributed by atoms with Crippen molar-refractivity contribution in [1.29, 1.82) is 0 Å². The molecular formula is C10H18N2O3. The fourth-order valence-corrected chi connectivity index (χ4v) is 0.890. The number of nitrogens with two attached hydrogens (primary N) is 1. The van der Waals surface area contributed by atoms with Crippen LogP contribution in [-0.2, 0) is 14.4 Å². The molecule has 1 amide bonds. The summed E-state index contributed by atoms with van der Waals surface area (Å²) in [6, 6.07) is -0.670. The molecule has 0 radical (unpaired) electrons. The average Bonchev–Trinajstić information content (AvgIpc) is 2.10. The van der Waals surface area contributed by atoms with E-state index in [0.29, 0.717) is 6.29 Å². The van der Waals surface area contributed by atoms with Gasteiger partial charge in [-0.25, -0.2) is 0 Å². The second-order valence-corrected chi connectivity index (χ2v) is 4.47. The van der Waals surface area contributed by atoms with Crippen LogP contribution >= 0.6 is 0 Å². The van der Waals surface area contributed by atoms with Gasteiger partial charge < -0.3 is 15.8 Å². The topological polar surface area (TPSA) is 89.3 Å². The maximum absolute atomic E-state index is 11.3. The lowest BCUT2D eigenvalue weighted by Crippen LogP contribution is -2.44. The highest BCUT2D eigenvalue weighted by Crippen LogP contribution is 2.00. The first-order chi connectivity index (χ1) is 6.76. The summed E-state index contributed by atoms with van der Waals surface area (Å²) in [6.45, 7) is 5.36. The van der Waals surface area contributed by atoms with E-state index in [2.05, 4.69) is 5.32 Å². The van der Waals surface area contributed by atoms with Crippen LogP contribution in [0.2, 0.25) is 0 Å². The van der Waals surface area contributed by atoms with Gasteiger partial charge in [0.1, 0.15) is 6.29 Å². The number of rotatable bonds is 5. The summed E-state index contributed by atoms with van der Waals surface area (Å²) in [5.41, 5.74) is 4.87. The molecule has 0 saturated heterocycles. The molecule has 86 valence electrons. The molecule has 0 saturated carbocycles. The Morgan fingerprint density at radius 2 is 1.93 bits per heavy atom. The van der Waals surface area contributed by atoms with Gasteiger partial charge in [-0.05, 0) is 27.2 Å². The van der Waals surface area contributed by atoms with Crippen molar-refractivity contribution >= 4 is 18.0 Å². The van der Waals surface area contributed by atoms with Gasteiger partial charge in [0.15, 0.2) is 0 Å². The zero-order chi connectivity index (χ0) is 12.1. The van der Waals surface area contributed by atoms with E-state index in [1.54, 1.807) is 20.8 Å². The highest BCUT2D eigenvalue weighted by molar-refractivity contribution is 6.36. The molecule has 0 unspecified atom stereocenters. The summed E-state index contributed by atoms with van der Waals surface area (Å²) in [7, 11) is 0. The van der Waals surface area contributed by atoms with Gasteiger partial charge in [0, 0.05) is 12.0 Å². The van der Waals surface area contributed by atoms with Gasteiger partial charge in [-0.2, -0.15) is 0 Å². The second kappa shape index (κ2) is 5.60. The molecule has 0 fully saturated rings. The van der Waals surface area contributed by atoms with E-state index in [-0.39, 0.29) is 12.8 Å². The third-order valence-corrected chi connectivity index (χ3v) is 1.62. The maximum atomic E-state index is 11.3. The first-order valence-electron chi connectivity index (χ1n) is 4.82. The lowest BCUT2D eigenvalue weighted by Gasteiger charge is -2.19. The van der Waals surface area contributed by atoms with Crippen molar-refractivity contribution in [1.82, 2.24) is 5.32 Å². The van der Waals surface area contributed by atoms with E-state index in [1.807, 2.05) is 0 Å². The standard InChI is InChI=1S/C10H18N2O3/c1-10(2,3)12-9(15)8(14)5-4-7(11)6-13/h6-7H,4-5,11H2,1-3H3,(H,12,15)/t7-/m0/s1. The Hall–Kier alpha value is -1.23. The second-order valence-electron chi connectivity index (χ2n) is 4.47. The van der Waals surface area contributed by atoms with Crippen LogP contribution in [0.3, 0.4) is 0 Å². The molecule has 1 atom stereocenters. The molecular weight excluding hydrogens is 196 g/mol. The molecule has 0 aliphatic heterocycles. The summed E-state index contributed by atoms with van der Waals surface area (Å²) < 4.78 is 0. The molecule has 0 aliphatic carbocycles. The maximum Gasteiger partial charge on any atom is 0.287 e. The van der Waals surface area contributed by atoms with Crippen LogP contribution in [0.5, 0.6) is 0 Å². The predicted molar refractivity (Wildman–Crippen MR) is 56.2 cm³/mol. The van der Waals surface area contributed by atoms with Gasteiger partial charge in [-0.3, -0.25) is 9.59 Å². The summed E-state index contributed by atoms with van der Waals surface area (Å²) in [4.78, 5) is 32.7. The number of carbonyl (C=O) groups excluding carboxylic acids is 3. The number of Topliss-reactive ketones (excluding diaryl/α,β-unsaturated/α-hetero) is 1. The van der Waals surface area contributed by atoms with Crippen LogP contribution in [0, 0.1) is 0 Å². The van der Waals surface area contributed by atoms with Crippen LogP contribution in [-0.4, -0.2) is 29.6 Å². The Morgan fingerprint density at radius 1 is 1.40 bits per heavy atom. The van der Waals surface area contributed by atoms with Gasteiger partial charge in [0.05, 0.1) is 6.04 Å². The Balaban J connectivity index is 4.01. The molecule has 0 aromatic carbocycles. The van der Waals surface area contributed by atoms with Gasteiger partial charge in [-0.15, -0.1) is 0 Å². The SMILES string of the molecule is CC(C)(C)NC(=O)C(=O)CC[C@H](N)C=O. The van der Waals surface area contributed by atoms with Crippen molar-refractivity contribution in [2.75, 3.05) is 0 Å². The van der Waals surface area contributed by atoms with Crippen molar-refractivity contribution in [2.24, 2.45) is 5.73 Å². The predicted octanol–water partition coefficient (Wildman–Crippen LogP) is -0.223. The summed E-state index contributed by atoms with van der Waals surface area (Å²) in [6.07, 6.45) is 0.774. The van der Waals surface area contributed by atoms with Crippen molar-refractivity contribution in [3.63, 3.8) is 0 Å². The molecule has 0 rings (SSSR count). The molecule has 15 heavy (non-hydrogen) atoms. The van der Waals surface area contributed by atoms with Gasteiger partial charge in [0.25, 0.3) is 5.91 Å². The Kier molecular flexibility index (Phi) is 5.14. The fraction of sp³-hybridized carbons (Fsp3) is 0.700. The number of ketones is 1. The zero-order valence-corrected chi connectivity index (χ0v) is 9.37. The van der Waals surface area contributed by atoms with Gasteiger partial charge >= 0.3 is 0 Å². The minimum atomic E-state index is -0.670. The Labute approximate surface area is 89.4 Å². The Morgan fingerprint density at radius 3 is 2.33 bits per heavy atom. The van der Waals surface area contributed by atoms with E-state index in [4.69, 9.17) is 5.73 Å². The van der Waals surface area contributed by atoms with E-state index in [0.717, 1.165) is 0 Å². The van der Waals surface area contributed by atoms with Crippen LogP contribution in [0.15, 0.2) is 0 Å². The number of aldehydes is 1. The van der Waals surface area contributed by atoms with E-state index < -0.39 is 23.3 Å². The van der Waals surface area contributed by atoms with E-state index in [9.17, 15) is 14.4 Å². The lowest BCUT2D eigenvalue weighted by atomic mass is 10.1. The molecule has 5 heteroatoms. The third-order valence-electron chi connectivity index (χ3n) is 1.62. The number of carbonyl (C=O) groups is 3. The minimum absolute atomic E-state index is 0.00181. The molecule has 0 aromatic rings. The molecule has 0 heterocycles. The average molecular weight is 214 g/mol. The highest BCUT2D eigenvalue weighted by Gasteiger charge is 2.20. The first kappa shape index (κ1) is 13.8. The zero-order valence-electron chi connectivity index (χ0n) is 9.37. The van der Waals surface area contributed by atoms with Crippen LogP contribution in [0.4, 0.5) is 0 Å². The number of hydrogen-bond acceptors (Lipinski definition) is 4. The largest absolute Gasteiger partial charge is 0.345 e. The van der Waals surface area contributed by atoms with Crippen LogP contribution < -0.4 is 11.1 Å². The summed E-state index contributed by atoms with van der Waals surface area (Å²) >= 11 is 0. The molecule has 0 aliphatic rings. The number of hydrogen-bond donors (Lipinski definition) is 2. The molecule has 3 N–H and O–H groups in total. The fourth-order valence-electron chi connectivity index (χ4n) is 0.890.